The van der Waals surface area contributed by atoms with E-state index in [0.717, 1.165) is 79.1 Å². The lowest BCUT2D eigenvalue weighted by molar-refractivity contribution is 0.0421. The third-order valence-corrected chi connectivity index (χ3v) is 10.1. The Bertz CT molecular complexity index is 1040. The number of benzene rings is 1. The maximum atomic E-state index is 13.5. The Balaban J connectivity index is 1.98. The van der Waals surface area contributed by atoms with Gasteiger partial charge in [-0.15, -0.1) is 22.7 Å². The van der Waals surface area contributed by atoms with Gasteiger partial charge in [0.2, 0.25) is 0 Å². The molecule has 0 fully saturated rings. The molecule has 8 heteroatoms. The Hall–Kier alpha value is -0.960. The number of hydrogen-bond acceptors (Lipinski definition) is 6. The molecular weight excluding hydrogens is 624 g/mol. The number of ether oxygens (including phenoxy) is 2. The third kappa shape index (κ3) is 7.12. The molecule has 0 amide bonds. The minimum atomic E-state index is -0.329. The van der Waals surface area contributed by atoms with Crippen molar-refractivity contribution in [3.8, 4) is 0 Å². The molecule has 0 bridgehead atoms. The van der Waals surface area contributed by atoms with E-state index in [1.54, 1.807) is 0 Å². The molecule has 0 aliphatic carbocycles. The van der Waals surface area contributed by atoms with Crippen LogP contribution < -0.4 is 0 Å². The highest BCUT2D eigenvalue weighted by Crippen LogP contribution is 2.44. The van der Waals surface area contributed by atoms with Gasteiger partial charge in [-0.2, -0.15) is 0 Å². The molecule has 0 saturated carbocycles. The number of esters is 2. The Kier molecular flexibility index (Phi) is 11.7. The molecule has 2 atom stereocenters. The van der Waals surface area contributed by atoms with Crippen molar-refractivity contribution in [3.63, 3.8) is 0 Å². The Morgan fingerprint density at radius 2 is 1.14 bits per heavy atom. The van der Waals surface area contributed by atoms with Gasteiger partial charge in [0.05, 0.1) is 41.3 Å². The van der Waals surface area contributed by atoms with Crippen LogP contribution in [0.4, 0.5) is 0 Å². The second-order valence-corrected chi connectivity index (χ2v) is 14.2. The quantitative estimate of drug-likeness (QED) is 0.162. The van der Waals surface area contributed by atoms with E-state index in [2.05, 4.69) is 59.6 Å². The van der Waals surface area contributed by atoms with Crippen molar-refractivity contribution in [1.82, 2.24) is 0 Å². The van der Waals surface area contributed by atoms with Gasteiger partial charge in [-0.1, -0.05) is 66.2 Å². The van der Waals surface area contributed by atoms with Gasteiger partial charge in [0.15, 0.2) is 0 Å². The van der Waals surface area contributed by atoms with Crippen molar-refractivity contribution in [2.75, 3.05) is 13.2 Å². The summed E-state index contributed by atoms with van der Waals surface area (Å²) in [6.07, 6.45) is 8.61. The maximum Gasteiger partial charge on any atom is 0.340 e. The molecule has 0 N–H and O–H groups in total. The Morgan fingerprint density at radius 1 is 0.750 bits per heavy atom. The third-order valence-electron chi connectivity index (χ3n) is 6.79. The van der Waals surface area contributed by atoms with E-state index in [-0.39, 0.29) is 11.9 Å². The summed E-state index contributed by atoms with van der Waals surface area (Å²) in [4.78, 5) is 26.9. The van der Waals surface area contributed by atoms with Crippen LogP contribution >= 0.6 is 54.5 Å². The van der Waals surface area contributed by atoms with E-state index in [1.165, 1.54) is 22.7 Å². The van der Waals surface area contributed by atoms with Crippen LogP contribution in [0.2, 0.25) is 0 Å². The monoisotopic (exact) mass is 658 g/mol. The zero-order valence-corrected chi connectivity index (χ0v) is 26.4. The van der Waals surface area contributed by atoms with Gasteiger partial charge in [0.25, 0.3) is 0 Å². The average molecular weight is 661 g/mol. The number of hydrogen-bond donors (Lipinski definition) is 0. The van der Waals surface area contributed by atoms with Gasteiger partial charge >= 0.3 is 11.9 Å². The van der Waals surface area contributed by atoms with Crippen molar-refractivity contribution < 1.29 is 19.1 Å². The Morgan fingerprint density at radius 3 is 1.47 bits per heavy atom. The topological polar surface area (TPSA) is 52.6 Å². The predicted molar refractivity (Wildman–Crippen MR) is 160 cm³/mol. The largest absolute Gasteiger partial charge is 0.462 e. The van der Waals surface area contributed by atoms with Gasteiger partial charge < -0.3 is 9.47 Å². The van der Waals surface area contributed by atoms with Crippen molar-refractivity contribution >= 4 is 86.6 Å². The normalized spacial score (nSPS) is 13.3. The molecule has 0 aliphatic rings. The summed E-state index contributed by atoms with van der Waals surface area (Å²) in [5, 5.41) is 1.48. The van der Waals surface area contributed by atoms with Crippen molar-refractivity contribution in [1.29, 1.82) is 0 Å². The number of fused-ring (bicyclic) bond motifs is 2. The first-order valence-corrected chi connectivity index (χ1v) is 16.2. The molecule has 198 valence electrons. The van der Waals surface area contributed by atoms with Crippen LogP contribution in [-0.2, 0) is 9.47 Å². The first-order chi connectivity index (χ1) is 17.3. The Labute approximate surface area is 239 Å². The summed E-state index contributed by atoms with van der Waals surface area (Å²) in [5.41, 5.74) is 1.07. The predicted octanol–water partition coefficient (Wildman–Crippen LogP) is 10.4. The van der Waals surface area contributed by atoms with E-state index in [4.69, 9.17) is 9.47 Å². The van der Waals surface area contributed by atoms with E-state index >= 15 is 0 Å². The molecule has 2 unspecified atom stereocenters. The summed E-state index contributed by atoms with van der Waals surface area (Å²) in [7, 11) is 0. The SMILES string of the molecule is CCCCC(CC)COC(=O)c1c2cc(Br)sc2c(C(=O)OCC(CC)CCCC)c2cc(Br)sc12. The highest BCUT2D eigenvalue weighted by molar-refractivity contribution is 9.11. The van der Waals surface area contributed by atoms with Crippen molar-refractivity contribution in [3.05, 3.63) is 30.8 Å². The lowest BCUT2D eigenvalue weighted by Gasteiger charge is -2.17. The second-order valence-electron chi connectivity index (χ2n) is 9.37. The lowest BCUT2D eigenvalue weighted by atomic mass is 10.00. The molecule has 0 aliphatic heterocycles. The fourth-order valence-electron chi connectivity index (χ4n) is 4.44. The van der Waals surface area contributed by atoms with Gasteiger partial charge in [-0.25, -0.2) is 9.59 Å². The minimum Gasteiger partial charge on any atom is -0.462 e. The van der Waals surface area contributed by atoms with Crippen LogP contribution in [-0.4, -0.2) is 25.2 Å². The van der Waals surface area contributed by atoms with Gasteiger partial charge in [-0.3, -0.25) is 0 Å². The van der Waals surface area contributed by atoms with E-state index in [1.807, 2.05) is 12.1 Å². The zero-order chi connectivity index (χ0) is 26.2. The van der Waals surface area contributed by atoms with Crippen LogP contribution in [0.25, 0.3) is 20.2 Å². The standard InChI is InChI=1S/C28H36Br2O4S2/c1-5-9-11-17(7-3)15-33-27(31)23-19-13-21(29)36-26(19)24(20-14-22(30)35-25(20)23)28(32)34-16-18(8-4)12-10-6-2/h13-14,17-18H,5-12,15-16H2,1-4H3. The van der Waals surface area contributed by atoms with E-state index < -0.39 is 0 Å². The smallest absolute Gasteiger partial charge is 0.340 e. The average Bonchev–Trinajstić information content (AvgIpc) is 3.43. The maximum absolute atomic E-state index is 13.5. The summed E-state index contributed by atoms with van der Waals surface area (Å²) >= 11 is 10.1. The second kappa shape index (κ2) is 14.3. The van der Waals surface area contributed by atoms with E-state index in [9.17, 15) is 9.59 Å². The molecule has 1 aromatic carbocycles. The fourth-order valence-corrected chi connectivity index (χ4v) is 7.75. The number of unbranched alkanes of at least 4 members (excludes halogenated alkanes) is 2. The molecule has 4 nitrogen and oxygen atoms in total. The summed E-state index contributed by atoms with van der Waals surface area (Å²) in [6, 6.07) is 3.84. The molecule has 0 radical (unpaired) electrons. The first kappa shape index (κ1) is 29.6. The van der Waals surface area contributed by atoms with Crippen molar-refractivity contribution in [2.45, 2.75) is 79.1 Å². The molecule has 3 rings (SSSR count). The van der Waals surface area contributed by atoms with Crippen LogP contribution in [0.3, 0.4) is 0 Å². The number of halogens is 2. The van der Waals surface area contributed by atoms with Crippen LogP contribution in [0.15, 0.2) is 19.7 Å². The van der Waals surface area contributed by atoms with Crippen LogP contribution in [0.5, 0.6) is 0 Å². The summed E-state index contributed by atoms with van der Waals surface area (Å²) in [5.74, 6) is 0.0607. The first-order valence-electron chi connectivity index (χ1n) is 13.0. The highest BCUT2D eigenvalue weighted by Gasteiger charge is 2.28. The fraction of sp³-hybridized carbons (Fsp3) is 0.571. The highest BCUT2D eigenvalue weighted by atomic mass is 79.9. The molecule has 36 heavy (non-hydrogen) atoms. The van der Waals surface area contributed by atoms with Crippen molar-refractivity contribution in [2.24, 2.45) is 11.8 Å². The van der Waals surface area contributed by atoms with Gasteiger partial charge in [-0.05, 0) is 68.7 Å². The molecule has 2 heterocycles. The number of rotatable bonds is 14. The summed E-state index contributed by atoms with van der Waals surface area (Å²) < 4.78 is 15.0. The zero-order valence-electron chi connectivity index (χ0n) is 21.6. The molecule has 3 aromatic rings. The molecule has 0 spiro atoms. The van der Waals surface area contributed by atoms with E-state index in [0.29, 0.717) is 36.2 Å². The summed E-state index contributed by atoms with van der Waals surface area (Å²) in [6.45, 7) is 9.46. The minimum absolute atomic E-state index is 0.329. The van der Waals surface area contributed by atoms with Crippen LogP contribution in [0.1, 0.15) is 99.8 Å². The number of carbonyl (C=O) groups excluding carboxylic acids is 2. The molecule has 2 aromatic heterocycles. The molecule has 0 saturated heterocycles. The number of thiophene rings is 2. The van der Waals surface area contributed by atoms with Crippen LogP contribution in [0, 0.1) is 11.8 Å². The van der Waals surface area contributed by atoms with Gasteiger partial charge in [0.1, 0.15) is 0 Å². The number of carbonyl (C=O) groups is 2. The van der Waals surface area contributed by atoms with Gasteiger partial charge in [0, 0.05) is 10.8 Å². The molecular formula is C28H36Br2O4S2. The lowest BCUT2D eigenvalue weighted by Crippen LogP contribution is -2.16.